The highest BCUT2D eigenvalue weighted by atomic mass is 32.2. The van der Waals surface area contributed by atoms with E-state index < -0.39 is 21.1 Å². The molecule has 1 atom stereocenters. The average Bonchev–Trinajstić information content (AvgIpc) is 2.85. The number of benzene rings is 1. The van der Waals surface area contributed by atoms with Crippen molar-refractivity contribution in [1.29, 1.82) is 0 Å². The molecular weight excluding hydrogens is 259 g/mol. The third-order valence-electron chi connectivity index (χ3n) is 2.87. The first-order chi connectivity index (χ1) is 8.53. The summed E-state index contributed by atoms with van der Waals surface area (Å²) in [5, 5.41) is 2.54. The van der Waals surface area contributed by atoms with Gasteiger partial charge in [0.2, 0.25) is 10.0 Å². The minimum absolute atomic E-state index is 0.0137. The first kappa shape index (κ1) is 13.1. The molecule has 1 aromatic rings. The van der Waals surface area contributed by atoms with Crippen LogP contribution in [0.5, 0.6) is 5.75 Å². The van der Waals surface area contributed by atoms with Gasteiger partial charge in [-0.05, 0) is 25.1 Å². The van der Waals surface area contributed by atoms with E-state index in [1.807, 2.05) is 0 Å². The second-order valence-corrected chi connectivity index (χ2v) is 6.07. The summed E-state index contributed by atoms with van der Waals surface area (Å²) < 4.78 is 44.4. The van der Waals surface area contributed by atoms with Crippen LogP contribution in [0.1, 0.15) is 6.42 Å². The predicted molar refractivity (Wildman–Crippen MR) is 66.8 cm³/mol. The standard InChI is InChI=1S/C11H15FN2O3S/c1-17-11-6-8(2-3-10(11)12)14-18(15,16)9-4-5-13-7-9/h2-3,6,9,13-14H,4-5,7H2,1H3. The monoisotopic (exact) mass is 274 g/mol. The summed E-state index contributed by atoms with van der Waals surface area (Å²) in [6.45, 7) is 1.13. The molecule has 2 rings (SSSR count). The first-order valence-electron chi connectivity index (χ1n) is 5.59. The first-order valence-corrected chi connectivity index (χ1v) is 7.13. The second kappa shape index (κ2) is 5.11. The molecule has 1 fully saturated rings. The minimum atomic E-state index is -3.44. The Morgan fingerprint density at radius 3 is 2.89 bits per heavy atom. The molecule has 1 heterocycles. The molecule has 0 spiro atoms. The molecule has 18 heavy (non-hydrogen) atoms. The summed E-state index contributed by atoms with van der Waals surface area (Å²) >= 11 is 0. The number of halogens is 1. The van der Waals surface area contributed by atoms with Crippen molar-refractivity contribution in [3.05, 3.63) is 24.0 Å². The van der Waals surface area contributed by atoms with Crippen LogP contribution in [0.3, 0.4) is 0 Å². The summed E-state index contributed by atoms with van der Waals surface area (Å²) in [6, 6.07) is 3.87. The molecule has 100 valence electrons. The highest BCUT2D eigenvalue weighted by molar-refractivity contribution is 7.93. The van der Waals surface area contributed by atoms with Crippen molar-refractivity contribution >= 4 is 15.7 Å². The number of rotatable bonds is 4. The van der Waals surface area contributed by atoms with Crippen LogP contribution in [-0.4, -0.2) is 33.9 Å². The number of anilines is 1. The van der Waals surface area contributed by atoms with E-state index in [0.717, 1.165) is 0 Å². The molecule has 1 aromatic carbocycles. The summed E-state index contributed by atoms with van der Waals surface area (Å²) in [6.07, 6.45) is 0.577. The Labute approximate surface area is 105 Å². The molecule has 0 aromatic heterocycles. The Morgan fingerprint density at radius 1 is 1.50 bits per heavy atom. The van der Waals surface area contributed by atoms with Gasteiger partial charge < -0.3 is 10.1 Å². The van der Waals surface area contributed by atoms with E-state index in [1.54, 1.807) is 0 Å². The molecular formula is C11H15FN2O3S. The smallest absolute Gasteiger partial charge is 0.236 e. The van der Waals surface area contributed by atoms with Crippen molar-refractivity contribution in [3.63, 3.8) is 0 Å². The van der Waals surface area contributed by atoms with E-state index in [-0.39, 0.29) is 5.75 Å². The normalized spacial score (nSPS) is 19.8. The van der Waals surface area contributed by atoms with Crippen molar-refractivity contribution in [2.24, 2.45) is 0 Å². The molecule has 0 radical (unpaired) electrons. The van der Waals surface area contributed by atoms with Crippen LogP contribution < -0.4 is 14.8 Å². The summed E-state index contributed by atoms with van der Waals surface area (Å²) in [4.78, 5) is 0. The van der Waals surface area contributed by atoms with E-state index in [2.05, 4.69) is 10.0 Å². The van der Waals surface area contributed by atoms with Gasteiger partial charge in [0.25, 0.3) is 0 Å². The fraction of sp³-hybridized carbons (Fsp3) is 0.455. The molecule has 0 saturated carbocycles. The lowest BCUT2D eigenvalue weighted by Crippen LogP contribution is -2.29. The number of nitrogens with one attached hydrogen (secondary N) is 2. The number of hydrogen-bond donors (Lipinski definition) is 2. The molecule has 2 N–H and O–H groups in total. The van der Waals surface area contributed by atoms with Crippen molar-refractivity contribution in [2.75, 3.05) is 24.9 Å². The lowest BCUT2D eigenvalue weighted by molar-refractivity contribution is 0.387. The molecule has 1 aliphatic rings. The SMILES string of the molecule is COc1cc(NS(=O)(=O)C2CCNC2)ccc1F. The van der Waals surface area contributed by atoms with Gasteiger partial charge in [-0.1, -0.05) is 0 Å². The maximum atomic E-state index is 13.2. The van der Waals surface area contributed by atoms with Gasteiger partial charge in [0.15, 0.2) is 11.6 Å². The Hall–Kier alpha value is -1.34. The van der Waals surface area contributed by atoms with E-state index in [9.17, 15) is 12.8 Å². The maximum absolute atomic E-state index is 13.2. The number of ether oxygens (including phenoxy) is 1. The van der Waals surface area contributed by atoms with Crippen LogP contribution in [0.15, 0.2) is 18.2 Å². The molecule has 0 bridgehead atoms. The second-order valence-electron chi connectivity index (χ2n) is 4.11. The van der Waals surface area contributed by atoms with Gasteiger partial charge in [-0.3, -0.25) is 4.72 Å². The van der Waals surface area contributed by atoms with E-state index in [4.69, 9.17) is 4.74 Å². The van der Waals surface area contributed by atoms with Gasteiger partial charge in [-0.2, -0.15) is 0 Å². The largest absolute Gasteiger partial charge is 0.494 e. The summed E-state index contributed by atoms with van der Waals surface area (Å²) in [5.74, 6) is -0.511. The zero-order chi connectivity index (χ0) is 13.2. The molecule has 1 unspecified atom stereocenters. The Balaban J connectivity index is 2.18. The topological polar surface area (TPSA) is 67.4 Å². The van der Waals surface area contributed by atoms with Crippen LogP contribution in [0, 0.1) is 5.82 Å². The molecule has 1 aliphatic heterocycles. The van der Waals surface area contributed by atoms with Crippen LogP contribution in [0.4, 0.5) is 10.1 Å². The zero-order valence-corrected chi connectivity index (χ0v) is 10.8. The maximum Gasteiger partial charge on any atom is 0.236 e. The molecule has 5 nitrogen and oxygen atoms in total. The fourth-order valence-electron chi connectivity index (χ4n) is 1.86. The highest BCUT2D eigenvalue weighted by Gasteiger charge is 2.28. The summed E-state index contributed by atoms with van der Waals surface area (Å²) in [7, 11) is -2.11. The zero-order valence-electron chi connectivity index (χ0n) is 9.94. The van der Waals surface area contributed by atoms with Gasteiger partial charge in [0, 0.05) is 12.6 Å². The molecule has 7 heteroatoms. The number of sulfonamides is 1. The van der Waals surface area contributed by atoms with Gasteiger partial charge in [0.1, 0.15) is 0 Å². The van der Waals surface area contributed by atoms with Gasteiger partial charge in [0.05, 0.1) is 18.0 Å². The Morgan fingerprint density at radius 2 is 2.28 bits per heavy atom. The lowest BCUT2D eigenvalue weighted by atomic mass is 10.3. The fourth-order valence-corrected chi connectivity index (χ4v) is 3.25. The predicted octanol–water partition coefficient (Wildman–Crippen LogP) is 0.938. The Bertz CT molecular complexity index is 527. The van der Waals surface area contributed by atoms with E-state index in [1.165, 1.54) is 25.3 Å². The third-order valence-corrected chi connectivity index (χ3v) is 4.67. The van der Waals surface area contributed by atoms with Gasteiger partial charge in [-0.15, -0.1) is 0 Å². The van der Waals surface area contributed by atoms with Crippen molar-refractivity contribution in [3.8, 4) is 5.75 Å². The number of hydrogen-bond acceptors (Lipinski definition) is 4. The highest BCUT2D eigenvalue weighted by Crippen LogP contribution is 2.23. The van der Waals surface area contributed by atoms with Crippen molar-refractivity contribution < 1.29 is 17.5 Å². The van der Waals surface area contributed by atoms with Crippen molar-refractivity contribution in [1.82, 2.24) is 5.32 Å². The van der Waals surface area contributed by atoms with Crippen LogP contribution >= 0.6 is 0 Å². The quantitative estimate of drug-likeness (QED) is 0.857. The summed E-state index contributed by atoms with van der Waals surface area (Å²) in [5.41, 5.74) is 0.306. The van der Waals surface area contributed by atoms with Crippen LogP contribution in [-0.2, 0) is 10.0 Å². The lowest BCUT2D eigenvalue weighted by Gasteiger charge is -2.13. The van der Waals surface area contributed by atoms with E-state index >= 15 is 0 Å². The average molecular weight is 274 g/mol. The minimum Gasteiger partial charge on any atom is -0.494 e. The van der Waals surface area contributed by atoms with Gasteiger partial charge >= 0.3 is 0 Å². The van der Waals surface area contributed by atoms with Crippen molar-refractivity contribution in [2.45, 2.75) is 11.7 Å². The third kappa shape index (κ3) is 2.73. The van der Waals surface area contributed by atoms with Gasteiger partial charge in [-0.25, -0.2) is 12.8 Å². The molecule has 0 aliphatic carbocycles. The molecule has 0 amide bonds. The van der Waals surface area contributed by atoms with E-state index in [0.29, 0.717) is 25.2 Å². The number of methoxy groups -OCH3 is 1. The van der Waals surface area contributed by atoms with Crippen LogP contribution in [0.2, 0.25) is 0 Å². The Kier molecular flexibility index (Phi) is 3.72. The van der Waals surface area contributed by atoms with Crippen LogP contribution in [0.25, 0.3) is 0 Å². The molecule has 1 saturated heterocycles.